The lowest BCUT2D eigenvalue weighted by molar-refractivity contribution is 0.274. The van der Waals surface area contributed by atoms with Crippen molar-refractivity contribution in [2.45, 2.75) is 6.61 Å². The van der Waals surface area contributed by atoms with E-state index in [4.69, 9.17) is 15.7 Å². The first kappa shape index (κ1) is 13.3. The summed E-state index contributed by atoms with van der Waals surface area (Å²) in [6, 6.07) is 5.40. The average molecular weight is 279 g/mol. The van der Waals surface area contributed by atoms with Gasteiger partial charge < -0.3 is 20.8 Å². The fourth-order valence-electron chi connectivity index (χ4n) is 1.63. The summed E-state index contributed by atoms with van der Waals surface area (Å²) in [5.41, 5.74) is 7.68. The lowest BCUT2D eigenvalue weighted by Crippen LogP contribution is -2.12. The van der Waals surface area contributed by atoms with E-state index < -0.39 is 0 Å². The highest BCUT2D eigenvalue weighted by Crippen LogP contribution is 2.27. The first-order valence-corrected chi connectivity index (χ1v) is 6.29. The van der Waals surface area contributed by atoms with Gasteiger partial charge in [0, 0.05) is 16.5 Å². The molecule has 4 N–H and O–H groups in total. The summed E-state index contributed by atoms with van der Waals surface area (Å²) in [5.74, 6) is 0.602. The van der Waals surface area contributed by atoms with Crippen LogP contribution in [0.3, 0.4) is 0 Å². The number of aromatic nitrogens is 1. The van der Waals surface area contributed by atoms with Crippen molar-refractivity contribution < 1.29 is 15.1 Å². The zero-order valence-corrected chi connectivity index (χ0v) is 11.0. The highest BCUT2D eigenvalue weighted by Gasteiger charge is 2.10. The molecule has 0 fully saturated rings. The van der Waals surface area contributed by atoms with Gasteiger partial charge in [0.05, 0.1) is 19.4 Å². The summed E-state index contributed by atoms with van der Waals surface area (Å²) in [6.45, 7) is -0.117. The molecular formula is C12H13N3O3S. The molecule has 2 rings (SSSR count). The Labute approximate surface area is 113 Å². The van der Waals surface area contributed by atoms with Crippen LogP contribution in [0.2, 0.25) is 0 Å². The van der Waals surface area contributed by atoms with Gasteiger partial charge in [0.25, 0.3) is 0 Å². The van der Waals surface area contributed by atoms with Crippen molar-refractivity contribution in [2.24, 2.45) is 10.9 Å². The molecule has 1 aromatic heterocycles. The lowest BCUT2D eigenvalue weighted by Gasteiger charge is -2.07. The minimum absolute atomic E-state index is 0.0212. The number of oxime groups is 1. The summed E-state index contributed by atoms with van der Waals surface area (Å²) in [7, 11) is 1.55. The molecule has 0 aliphatic heterocycles. The molecule has 0 aliphatic carbocycles. The van der Waals surface area contributed by atoms with Gasteiger partial charge in [0.1, 0.15) is 5.75 Å². The maximum Gasteiger partial charge on any atom is 0.199 e. The Morgan fingerprint density at radius 2 is 2.32 bits per heavy atom. The predicted octanol–water partition coefficient (Wildman–Crippen LogP) is 1.41. The van der Waals surface area contributed by atoms with Gasteiger partial charge in [-0.05, 0) is 18.2 Å². The van der Waals surface area contributed by atoms with Crippen molar-refractivity contribution in [2.75, 3.05) is 7.11 Å². The lowest BCUT2D eigenvalue weighted by atomic mass is 10.1. The second-order valence-corrected chi connectivity index (χ2v) is 4.57. The van der Waals surface area contributed by atoms with Crippen LogP contribution in [0.15, 0.2) is 28.7 Å². The fourth-order valence-corrected chi connectivity index (χ4v) is 2.35. The first-order valence-electron chi connectivity index (χ1n) is 5.41. The number of hydrogen-bond donors (Lipinski definition) is 3. The molecule has 1 heterocycles. The van der Waals surface area contributed by atoms with Crippen LogP contribution >= 0.6 is 11.3 Å². The second-order valence-electron chi connectivity index (χ2n) is 3.71. The molecule has 0 saturated heterocycles. The van der Waals surface area contributed by atoms with Crippen LogP contribution in [-0.2, 0) is 6.61 Å². The molecular weight excluding hydrogens is 266 g/mol. The number of hydrogen-bond acceptors (Lipinski definition) is 6. The molecule has 6 nitrogen and oxygen atoms in total. The van der Waals surface area contributed by atoms with E-state index in [0.717, 1.165) is 5.56 Å². The third-order valence-electron chi connectivity index (χ3n) is 2.58. The largest absolute Gasteiger partial charge is 0.496 e. The number of rotatable bonds is 4. The molecule has 19 heavy (non-hydrogen) atoms. The zero-order valence-electron chi connectivity index (χ0n) is 10.2. The topological polar surface area (TPSA) is 101 Å². The zero-order chi connectivity index (χ0) is 13.8. The van der Waals surface area contributed by atoms with E-state index in [1.807, 2.05) is 6.07 Å². The fraction of sp³-hybridized carbons (Fsp3) is 0.167. The molecule has 7 heteroatoms. The van der Waals surface area contributed by atoms with Crippen LogP contribution in [0, 0.1) is 0 Å². The van der Waals surface area contributed by atoms with Gasteiger partial charge in [0.15, 0.2) is 10.8 Å². The third-order valence-corrected chi connectivity index (χ3v) is 3.44. The van der Waals surface area contributed by atoms with E-state index in [1.165, 1.54) is 11.3 Å². The maximum absolute atomic E-state index is 9.28. The van der Waals surface area contributed by atoms with E-state index in [1.54, 1.807) is 24.6 Å². The maximum atomic E-state index is 9.28. The minimum atomic E-state index is -0.117. The number of amidine groups is 1. The van der Waals surface area contributed by atoms with E-state index in [0.29, 0.717) is 22.0 Å². The van der Waals surface area contributed by atoms with E-state index in [9.17, 15) is 5.11 Å². The van der Waals surface area contributed by atoms with Gasteiger partial charge in [-0.25, -0.2) is 4.98 Å². The van der Waals surface area contributed by atoms with Gasteiger partial charge in [-0.3, -0.25) is 0 Å². The Bertz CT molecular complexity index is 610. The van der Waals surface area contributed by atoms with Crippen LogP contribution in [0.1, 0.15) is 10.6 Å². The van der Waals surface area contributed by atoms with Crippen LogP contribution in [-0.4, -0.2) is 28.2 Å². The Balaban J connectivity index is 2.39. The molecule has 0 radical (unpaired) electrons. The molecule has 0 spiro atoms. The van der Waals surface area contributed by atoms with E-state index in [-0.39, 0.29) is 12.4 Å². The Morgan fingerprint density at radius 1 is 1.53 bits per heavy atom. The number of nitrogens with zero attached hydrogens (tertiary/aromatic N) is 2. The summed E-state index contributed by atoms with van der Waals surface area (Å²) in [5, 5.41) is 23.0. The third kappa shape index (κ3) is 2.67. The van der Waals surface area contributed by atoms with Crippen LogP contribution in [0.5, 0.6) is 5.75 Å². The smallest absolute Gasteiger partial charge is 0.199 e. The molecule has 0 bridgehead atoms. The van der Waals surface area contributed by atoms with Gasteiger partial charge in [-0.15, -0.1) is 11.3 Å². The van der Waals surface area contributed by atoms with Crippen molar-refractivity contribution in [3.05, 3.63) is 34.2 Å². The Hall–Kier alpha value is -2.12. The Kier molecular flexibility index (Phi) is 3.98. The highest BCUT2D eigenvalue weighted by molar-refractivity contribution is 7.12. The van der Waals surface area contributed by atoms with Crippen molar-refractivity contribution in [1.29, 1.82) is 0 Å². The van der Waals surface area contributed by atoms with Gasteiger partial charge in [-0.2, -0.15) is 0 Å². The molecule has 2 aromatic rings. The van der Waals surface area contributed by atoms with E-state index in [2.05, 4.69) is 10.1 Å². The van der Waals surface area contributed by atoms with Crippen LogP contribution < -0.4 is 10.5 Å². The molecule has 0 amide bonds. The van der Waals surface area contributed by atoms with Crippen molar-refractivity contribution >= 4 is 17.2 Å². The number of thiazole rings is 1. The summed E-state index contributed by atoms with van der Waals surface area (Å²) >= 11 is 1.28. The van der Waals surface area contributed by atoms with Crippen molar-refractivity contribution in [3.8, 4) is 17.0 Å². The monoisotopic (exact) mass is 279 g/mol. The van der Waals surface area contributed by atoms with E-state index >= 15 is 0 Å². The predicted molar refractivity (Wildman–Crippen MR) is 72.5 cm³/mol. The van der Waals surface area contributed by atoms with Gasteiger partial charge >= 0.3 is 0 Å². The van der Waals surface area contributed by atoms with Crippen LogP contribution in [0.4, 0.5) is 0 Å². The molecule has 0 aliphatic rings. The van der Waals surface area contributed by atoms with Crippen molar-refractivity contribution in [3.63, 3.8) is 0 Å². The van der Waals surface area contributed by atoms with Crippen LogP contribution in [0.25, 0.3) is 11.3 Å². The molecule has 0 saturated carbocycles. The highest BCUT2D eigenvalue weighted by atomic mass is 32.1. The summed E-state index contributed by atoms with van der Waals surface area (Å²) < 4.78 is 5.14. The Morgan fingerprint density at radius 3 is 2.95 bits per heavy atom. The van der Waals surface area contributed by atoms with Gasteiger partial charge in [0.2, 0.25) is 0 Å². The minimum Gasteiger partial charge on any atom is -0.496 e. The molecule has 0 unspecified atom stereocenters. The number of nitrogens with two attached hydrogens (primary N) is 1. The number of aliphatic hydroxyl groups excluding tert-OH is 1. The summed E-state index contributed by atoms with van der Waals surface area (Å²) in [6.07, 6.45) is 0. The molecule has 0 atom stereocenters. The SMILES string of the molecule is COc1ccc(-c2csc(/C(N)=N/O)n2)cc1CO. The number of aliphatic hydroxyl groups is 1. The number of methoxy groups -OCH3 is 1. The number of ether oxygens (including phenoxy) is 1. The molecule has 1 aromatic carbocycles. The number of benzene rings is 1. The quantitative estimate of drug-likeness (QED) is 0.340. The van der Waals surface area contributed by atoms with Crippen molar-refractivity contribution in [1.82, 2.24) is 4.98 Å². The molecule has 100 valence electrons. The normalized spacial score (nSPS) is 11.6. The first-order chi connectivity index (χ1) is 9.19. The average Bonchev–Trinajstić information content (AvgIpc) is 2.95. The summed E-state index contributed by atoms with van der Waals surface area (Å²) in [4.78, 5) is 4.26. The second kappa shape index (κ2) is 5.68. The standard InChI is InChI=1S/C12H13N3O3S/c1-18-10-3-2-7(4-8(10)5-16)9-6-19-12(14-9)11(13)15-17/h2-4,6,16-17H,5H2,1H3,(H2,13,15). The van der Waals surface area contributed by atoms with Gasteiger partial charge in [-0.1, -0.05) is 5.16 Å².